The average Bonchev–Trinajstić information content (AvgIpc) is 1.86. The zero-order chi connectivity index (χ0) is 8.69. The van der Waals surface area contributed by atoms with Gasteiger partial charge < -0.3 is 5.11 Å². The van der Waals surface area contributed by atoms with Crippen molar-refractivity contribution in [3.63, 3.8) is 0 Å². The highest BCUT2D eigenvalue weighted by Gasteiger charge is 1.92. The van der Waals surface area contributed by atoms with E-state index in [0.29, 0.717) is 12.8 Å². The van der Waals surface area contributed by atoms with Gasteiger partial charge in [-0.1, -0.05) is 0 Å². The fraction of sp³-hybridized carbons (Fsp3) is 0.444. The van der Waals surface area contributed by atoms with E-state index in [-0.39, 0.29) is 11.5 Å². The minimum atomic E-state index is -0.132. The molecule has 0 aromatic heterocycles. The molecule has 0 rings (SSSR count). The number of hydrogen-bond acceptors (Lipinski definition) is 2. The molecule has 11 heavy (non-hydrogen) atoms. The molecule has 2 heteroatoms. The molecular formula is C9H12O2. The lowest BCUT2D eigenvalue weighted by molar-refractivity contribution is -0.112. The van der Waals surface area contributed by atoms with Crippen LogP contribution in [-0.4, -0.2) is 10.9 Å². The van der Waals surface area contributed by atoms with Gasteiger partial charge in [-0.3, -0.25) is 4.79 Å². The Labute approximate surface area is 66.9 Å². The van der Waals surface area contributed by atoms with Crippen LogP contribution in [0.25, 0.3) is 0 Å². The predicted octanol–water partition coefficient (Wildman–Crippen LogP) is 1.82. The van der Waals surface area contributed by atoms with Gasteiger partial charge in [0.1, 0.15) is 0 Å². The van der Waals surface area contributed by atoms with Crippen molar-refractivity contribution in [3.05, 3.63) is 11.8 Å². The lowest BCUT2D eigenvalue weighted by Gasteiger charge is -1.92. The fourth-order valence-electron chi connectivity index (χ4n) is 0.622. The molecule has 0 unspecified atom stereocenters. The maximum Gasteiger partial charge on any atom is 0.155 e. The normalized spacial score (nSPS) is 10.2. The van der Waals surface area contributed by atoms with Crippen molar-refractivity contribution < 1.29 is 9.90 Å². The van der Waals surface area contributed by atoms with Gasteiger partial charge in [0.15, 0.2) is 5.78 Å². The SMILES string of the molecule is CC#CCC/C(O)=C/C(C)=O. The van der Waals surface area contributed by atoms with E-state index in [4.69, 9.17) is 5.11 Å². The Kier molecular flexibility index (Phi) is 4.93. The lowest BCUT2D eigenvalue weighted by atomic mass is 10.2. The molecule has 0 aromatic carbocycles. The largest absolute Gasteiger partial charge is 0.512 e. The zero-order valence-electron chi connectivity index (χ0n) is 6.85. The Bertz CT molecular complexity index is 215. The van der Waals surface area contributed by atoms with Crippen molar-refractivity contribution in [2.24, 2.45) is 0 Å². The van der Waals surface area contributed by atoms with Crippen LogP contribution in [0.15, 0.2) is 11.8 Å². The summed E-state index contributed by atoms with van der Waals surface area (Å²) in [5.74, 6) is 5.47. The Balaban J connectivity index is 3.74. The van der Waals surface area contributed by atoms with E-state index >= 15 is 0 Å². The highest BCUT2D eigenvalue weighted by Crippen LogP contribution is 1.99. The average molecular weight is 152 g/mol. The zero-order valence-corrected chi connectivity index (χ0v) is 6.85. The molecule has 0 aromatic rings. The van der Waals surface area contributed by atoms with Crippen molar-refractivity contribution >= 4 is 5.78 Å². The fourth-order valence-corrected chi connectivity index (χ4v) is 0.622. The second kappa shape index (κ2) is 5.55. The van der Waals surface area contributed by atoms with Gasteiger partial charge in [0, 0.05) is 18.9 Å². The summed E-state index contributed by atoms with van der Waals surface area (Å²) in [6.07, 6.45) is 2.28. The van der Waals surface area contributed by atoms with E-state index in [1.165, 1.54) is 13.0 Å². The molecule has 0 aliphatic carbocycles. The molecular weight excluding hydrogens is 140 g/mol. The van der Waals surface area contributed by atoms with Gasteiger partial charge in [0.05, 0.1) is 5.76 Å². The standard InChI is InChI=1S/C9H12O2/c1-3-4-5-6-9(11)7-8(2)10/h7,11H,5-6H2,1-2H3/b9-7-. The molecule has 0 atom stereocenters. The van der Waals surface area contributed by atoms with E-state index in [9.17, 15) is 4.79 Å². The second-order valence-electron chi connectivity index (χ2n) is 2.17. The Morgan fingerprint density at radius 2 is 2.27 bits per heavy atom. The van der Waals surface area contributed by atoms with Crippen LogP contribution in [0, 0.1) is 11.8 Å². The maximum atomic E-state index is 10.4. The summed E-state index contributed by atoms with van der Waals surface area (Å²) in [7, 11) is 0. The first-order valence-electron chi connectivity index (χ1n) is 3.46. The summed E-state index contributed by atoms with van der Waals surface area (Å²) in [5.41, 5.74) is 0. The van der Waals surface area contributed by atoms with E-state index in [1.54, 1.807) is 6.92 Å². The molecule has 0 bridgehead atoms. The summed E-state index contributed by atoms with van der Waals surface area (Å²) >= 11 is 0. The second-order valence-corrected chi connectivity index (χ2v) is 2.17. The van der Waals surface area contributed by atoms with Crippen LogP contribution < -0.4 is 0 Å². The summed E-state index contributed by atoms with van der Waals surface area (Å²) in [5, 5.41) is 9.02. The number of ketones is 1. The first-order chi connectivity index (χ1) is 5.16. The topological polar surface area (TPSA) is 37.3 Å². The van der Waals surface area contributed by atoms with Gasteiger partial charge in [0.25, 0.3) is 0 Å². The van der Waals surface area contributed by atoms with Crippen LogP contribution >= 0.6 is 0 Å². The van der Waals surface area contributed by atoms with Crippen LogP contribution in [0.4, 0.5) is 0 Å². The summed E-state index contributed by atoms with van der Waals surface area (Å²) < 4.78 is 0. The molecule has 0 aliphatic heterocycles. The smallest absolute Gasteiger partial charge is 0.155 e. The van der Waals surface area contributed by atoms with Crippen molar-refractivity contribution in [3.8, 4) is 11.8 Å². The molecule has 0 amide bonds. The van der Waals surface area contributed by atoms with Gasteiger partial charge in [0.2, 0.25) is 0 Å². The van der Waals surface area contributed by atoms with E-state index in [1.807, 2.05) is 0 Å². The Morgan fingerprint density at radius 3 is 2.73 bits per heavy atom. The molecule has 0 aliphatic rings. The molecule has 0 spiro atoms. The van der Waals surface area contributed by atoms with Crippen molar-refractivity contribution in [2.75, 3.05) is 0 Å². The van der Waals surface area contributed by atoms with Crippen LogP contribution in [-0.2, 0) is 4.79 Å². The third-order valence-corrected chi connectivity index (χ3v) is 1.05. The third kappa shape index (κ3) is 6.66. The molecule has 0 radical (unpaired) electrons. The van der Waals surface area contributed by atoms with Gasteiger partial charge in [-0.05, 0) is 13.8 Å². The van der Waals surface area contributed by atoms with Gasteiger partial charge >= 0.3 is 0 Å². The van der Waals surface area contributed by atoms with Crippen molar-refractivity contribution in [1.82, 2.24) is 0 Å². The van der Waals surface area contributed by atoms with E-state index < -0.39 is 0 Å². The molecule has 2 nitrogen and oxygen atoms in total. The monoisotopic (exact) mass is 152 g/mol. The highest BCUT2D eigenvalue weighted by atomic mass is 16.3. The van der Waals surface area contributed by atoms with Crippen LogP contribution in [0.2, 0.25) is 0 Å². The molecule has 0 saturated carbocycles. The van der Waals surface area contributed by atoms with E-state index in [0.717, 1.165) is 0 Å². The maximum absolute atomic E-state index is 10.4. The van der Waals surface area contributed by atoms with Crippen molar-refractivity contribution in [1.29, 1.82) is 0 Å². The van der Waals surface area contributed by atoms with Crippen molar-refractivity contribution in [2.45, 2.75) is 26.7 Å². The first-order valence-corrected chi connectivity index (χ1v) is 3.46. The Hall–Kier alpha value is -1.23. The van der Waals surface area contributed by atoms with Gasteiger partial charge in [-0.15, -0.1) is 11.8 Å². The minimum Gasteiger partial charge on any atom is -0.512 e. The highest BCUT2D eigenvalue weighted by molar-refractivity contribution is 5.87. The van der Waals surface area contributed by atoms with Crippen LogP contribution in [0.1, 0.15) is 26.7 Å². The number of rotatable bonds is 3. The van der Waals surface area contributed by atoms with Gasteiger partial charge in [-0.25, -0.2) is 0 Å². The number of carbonyl (C=O) groups excluding carboxylic acids is 1. The van der Waals surface area contributed by atoms with Crippen LogP contribution in [0.5, 0.6) is 0 Å². The number of allylic oxidation sites excluding steroid dienone is 2. The molecule has 0 heterocycles. The number of aliphatic hydroxyl groups is 1. The number of carbonyl (C=O) groups is 1. The molecule has 0 saturated heterocycles. The summed E-state index contributed by atoms with van der Waals surface area (Å²) in [6, 6.07) is 0. The third-order valence-electron chi connectivity index (χ3n) is 1.05. The quantitative estimate of drug-likeness (QED) is 0.380. The van der Waals surface area contributed by atoms with Gasteiger partial charge in [-0.2, -0.15) is 0 Å². The predicted molar refractivity (Wildman–Crippen MR) is 44.1 cm³/mol. The Morgan fingerprint density at radius 1 is 1.64 bits per heavy atom. The molecule has 60 valence electrons. The van der Waals surface area contributed by atoms with Crippen LogP contribution in [0.3, 0.4) is 0 Å². The number of hydrogen-bond donors (Lipinski definition) is 1. The molecule has 0 fully saturated rings. The molecule has 1 N–H and O–H groups in total. The number of aliphatic hydroxyl groups excluding tert-OH is 1. The van der Waals surface area contributed by atoms with E-state index in [2.05, 4.69) is 11.8 Å². The summed E-state index contributed by atoms with van der Waals surface area (Å²) in [4.78, 5) is 10.4. The minimum absolute atomic E-state index is 0.111. The first kappa shape index (κ1) is 9.77. The lowest BCUT2D eigenvalue weighted by Crippen LogP contribution is -1.87. The summed E-state index contributed by atoms with van der Waals surface area (Å²) in [6.45, 7) is 3.15.